The Bertz CT molecular complexity index is 912. The van der Waals surface area contributed by atoms with Crippen LogP contribution >= 0.6 is 23.1 Å². The molecular weight excluding hydrogens is 376 g/mol. The Morgan fingerprint density at radius 2 is 2.00 bits per heavy atom. The summed E-state index contributed by atoms with van der Waals surface area (Å²) in [5.41, 5.74) is 3.15. The Hall–Kier alpha value is -2.12. The lowest BCUT2D eigenvalue weighted by atomic mass is 10.1. The monoisotopic (exact) mass is 400 g/mol. The highest BCUT2D eigenvalue weighted by atomic mass is 32.2. The van der Waals surface area contributed by atoms with Gasteiger partial charge >= 0.3 is 0 Å². The Morgan fingerprint density at radius 1 is 1.26 bits per heavy atom. The van der Waals surface area contributed by atoms with Crippen LogP contribution in [-0.4, -0.2) is 26.4 Å². The molecule has 2 aromatic heterocycles. The molecule has 27 heavy (non-hydrogen) atoms. The van der Waals surface area contributed by atoms with Gasteiger partial charge in [-0.25, -0.2) is 0 Å². The van der Waals surface area contributed by atoms with Crippen molar-refractivity contribution in [1.29, 1.82) is 0 Å². The highest BCUT2D eigenvalue weighted by Gasteiger charge is 2.18. The number of nitrogens with zero attached hydrogens (tertiary/aromatic N) is 3. The third kappa shape index (κ3) is 4.78. The van der Waals surface area contributed by atoms with Crippen LogP contribution in [0.5, 0.6) is 0 Å². The van der Waals surface area contributed by atoms with Gasteiger partial charge in [0.1, 0.15) is 0 Å². The summed E-state index contributed by atoms with van der Waals surface area (Å²) in [5.74, 6) is 1.10. The summed E-state index contributed by atoms with van der Waals surface area (Å²) in [6.07, 6.45) is 0.987. The van der Waals surface area contributed by atoms with Crippen molar-refractivity contribution in [3.8, 4) is 11.4 Å². The van der Waals surface area contributed by atoms with Crippen LogP contribution in [-0.2, 0) is 11.2 Å². The molecule has 1 N–H and O–H groups in total. The van der Waals surface area contributed by atoms with Gasteiger partial charge in [0.05, 0.1) is 5.75 Å². The molecule has 142 valence electrons. The van der Waals surface area contributed by atoms with Crippen molar-refractivity contribution in [2.75, 3.05) is 11.1 Å². The van der Waals surface area contributed by atoms with Gasteiger partial charge in [0, 0.05) is 27.5 Å². The second-order valence-corrected chi connectivity index (χ2v) is 8.66. The van der Waals surface area contributed by atoms with E-state index in [4.69, 9.17) is 0 Å². The first-order chi connectivity index (χ1) is 13.0. The van der Waals surface area contributed by atoms with Gasteiger partial charge in [-0.05, 0) is 51.0 Å². The zero-order valence-electron chi connectivity index (χ0n) is 16.0. The first-order valence-corrected chi connectivity index (χ1v) is 10.9. The molecule has 1 amide bonds. The highest BCUT2D eigenvalue weighted by molar-refractivity contribution is 7.99. The van der Waals surface area contributed by atoms with Crippen LogP contribution in [0.2, 0.25) is 0 Å². The fourth-order valence-electron chi connectivity index (χ4n) is 2.75. The van der Waals surface area contributed by atoms with E-state index in [1.807, 2.05) is 24.3 Å². The summed E-state index contributed by atoms with van der Waals surface area (Å²) in [7, 11) is 0. The second-order valence-electron chi connectivity index (χ2n) is 6.60. The first-order valence-electron chi connectivity index (χ1n) is 9.00. The average molecular weight is 401 g/mol. The molecule has 0 spiro atoms. The van der Waals surface area contributed by atoms with Gasteiger partial charge in [-0.2, -0.15) is 0 Å². The van der Waals surface area contributed by atoms with E-state index in [2.05, 4.69) is 59.2 Å². The molecule has 7 heteroatoms. The molecule has 3 rings (SSSR count). The molecule has 5 nitrogen and oxygen atoms in total. The molecule has 0 unspecified atom stereocenters. The Kier molecular flexibility index (Phi) is 6.34. The Morgan fingerprint density at radius 3 is 2.59 bits per heavy atom. The number of nitrogens with one attached hydrogen (secondary N) is 1. The molecule has 0 aliphatic carbocycles. The van der Waals surface area contributed by atoms with E-state index in [1.54, 1.807) is 11.3 Å². The molecule has 0 aliphatic rings. The van der Waals surface area contributed by atoms with Gasteiger partial charge in [-0.1, -0.05) is 30.8 Å². The Balaban J connectivity index is 1.68. The van der Waals surface area contributed by atoms with Gasteiger partial charge in [0.2, 0.25) is 5.91 Å². The van der Waals surface area contributed by atoms with Crippen molar-refractivity contribution in [2.45, 2.75) is 45.3 Å². The number of carbonyl (C=O) groups excluding carboxylic acids is 1. The number of hydrogen-bond donors (Lipinski definition) is 1. The van der Waals surface area contributed by atoms with Crippen LogP contribution in [0.1, 0.15) is 37.3 Å². The minimum Gasteiger partial charge on any atom is -0.325 e. The van der Waals surface area contributed by atoms with Crippen LogP contribution in [0.4, 0.5) is 5.69 Å². The van der Waals surface area contributed by atoms with Gasteiger partial charge in [0.25, 0.3) is 0 Å². The van der Waals surface area contributed by atoms with E-state index in [-0.39, 0.29) is 11.9 Å². The zero-order valence-corrected chi connectivity index (χ0v) is 17.7. The van der Waals surface area contributed by atoms with Crippen LogP contribution < -0.4 is 5.32 Å². The fourth-order valence-corrected chi connectivity index (χ4v) is 4.30. The number of anilines is 1. The number of thioether (sulfide) groups is 1. The van der Waals surface area contributed by atoms with E-state index in [1.165, 1.54) is 22.2 Å². The standard InChI is InChI=1S/C20H24N4OS2/c1-5-15-6-8-17(9-7-15)21-18(25)12-27-20-23-22-19(24(20)13(2)3)16-10-14(4)26-11-16/h6-11,13H,5,12H2,1-4H3,(H,21,25). The normalized spacial score (nSPS) is 11.1. The lowest BCUT2D eigenvalue weighted by molar-refractivity contribution is -0.113. The lowest BCUT2D eigenvalue weighted by Crippen LogP contribution is -2.15. The third-order valence-corrected chi connectivity index (χ3v) is 5.95. The summed E-state index contributed by atoms with van der Waals surface area (Å²) in [5, 5.41) is 14.5. The number of aromatic nitrogens is 3. The number of thiophene rings is 1. The van der Waals surface area contributed by atoms with E-state index in [0.717, 1.165) is 28.7 Å². The highest BCUT2D eigenvalue weighted by Crippen LogP contribution is 2.30. The SMILES string of the molecule is CCc1ccc(NC(=O)CSc2nnc(-c3csc(C)c3)n2C(C)C)cc1. The molecular formula is C20H24N4OS2. The predicted molar refractivity (Wildman–Crippen MR) is 114 cm³/mol. The molecule has 0 fully saturated rings. The average Bonchev–Trinajstić information content (AvgIpc) is 3.26. The molecule has 0 saturated heterocycles. The molecule has 2 heterocycles. The maximum atomic E-state index is 12.3. The molecule has 1 aromatic carbocycles. The summed E-state index contributed by atoms with van der Waals surface area (Å²) in [6, 6.07) is 10.3. The quantitative estimate of drug-likeness (QED) is 0.555. The van der Waals surface area contributed by atoms with Crippen molar-refractivity contribution in [1.82, 2.24) is 14.8 Å². The topological polar surface area (TPSA) is 59.8 Å². The molecule has 3 aromatic rings. The van der Waals surface area contributed by atoms with Crippen LogP contribution in [0.25, 0.3) is 11.4 Å². The summed E-state index contributed by atoms with van der Waals surface area (Å²) in [6.45, 7) is 8.40. The maximum absolute atomic E-state index is 12.3. The van der Waals surface area contributed by atoms with Gasteiger partial charge in [-0.15, -0.1) is 21.5 Å². The molecule has 0 radical (unpaired) electrons. The minimum atomic E-state index is -0.0458. The lowest BCUT2D eigenvalue weighted by Gasteiger charge is -2.13. The van der Waals surface area contributed by atoms with Crippen LogP contribution in [0.3, 0.4) is 0 Å². The van der Waals surface area contributed by atoms with Crippen LogP contribution in [0, 0.1) is 6.92 Å². The zero-order chi connectivity index (χ0) is 19.4. The summed E-state index contributed by atoms with van der Waals surface area (Å²) < 4.78 is 2.09. The van der Waals surface area contributed by atoms with E-state index < -0.39 is 0 Å². The van der Waals surface area contributed by atoms with Gasteiger partial charge in [0.15, 0.2) is 11.0 Å². The smallest absolute Gasteiger partial charge is 0.234 e. The van der Waals surface area contributed by atoms with E-state index >= 15 is 0 Å². The maximum Gasteiger partial charge on any atom is 0.234 e. The minimum absolute atomic E-state index is 0.0458. The molecule has 0 aliphatic heterocycles. The van der Waals surface area contributed by atoms with Crippen LogP contribution in [0.15, 0.2) is 40.9 Å². The molecule has 0 saturated carbocycles. The first kappa shape index (κ1) is 19.6. The second kappa shape index (κ2) is 8.71. The van der Waals surface area contributed by atoms with E-state index in [9.17, 15) is 4.79 Å². The third-order valence-electron chi connectivity index (χ3n) is 4.15. The van der Waals surface area contributed by atoms with Crippen molar-refractivity contribution in [3.63, 3.8) is 0 Å². The van der Waals surface area contributed by atoms with Gasteiger partial charge in [-0.3, -0.25) is 9.36 Å². The van der Waals surface area contributed by atoms with Crippen molar-refractivity contribution >= 4 is 34.7 Å². The number of aryl methyl sites for hydroxylation is 2. The number of rotatable bonds is 7. The number of hydrogen-bond acceptors (Lipinski definition) is 5. The molecule has 0 atom stereocenters. The van der Waals surface area contributed by atoms with Crippen molar-refractivity contribution in [3.05, 3.63) is 46.2 Å². The van der Waals surface area contributed by atoms with Gasteiger partial charge < -0.3 is 5.32 Å². The van der Waals surface area contributed by atoms with E-state index in [0.29, 0.717) is 5.75 Å². The number of benzene rings is 1. The fraction of sp³-hybridized carbons (Fsp3) is 0.350. The van der Waals surface area contributed by atoms with Crippen molar-refractivity contribution < 1.29 is 4.79 Å². The Labute approximate surface area is 168 Å². The number of amides is 1. The number of carbonyl (C=O) groups is 1. The molecule has 0 bridgehead atoms. The van der Waals surface area contributed by atoms with Crippen molar-refractivity contribution in [2.24, 2.45) is 0 Å². The summed E-state index contributed by atoms with van der Waals surface area (Å²) >= 11 is 3.11. The summed E-state index contributed by atoms with van der Waals surface area (Å²) in [4.78, 5) is 13.6. The largest absolute Gasteiger partial charge is 0.325 e. The predicted octanol–water partition coefficient (Wildman–Crippen LogP) is 5.19.